The molecule has 3 heteroatoms. The molecule has 0 aromatic heterocycles. The standard InChI is InChI=1S/C20H21IOSi/c1-2-23(17-11-5-3-6-12-17,18-13-7-4-8-14-18)22-20-16-10-9-15-19(20)21/h2-8,11-15,20H,1,9-10,16H2. The summed E-state index contributed by atoms with van der Waals surface area (Å²) in [6.45, 7) is 4.19. The summed E-state index contributed by atoms with van der Waals surface area (Å²) < 4.78 is 8.19. The predicted octanol–water partition coefficient (Wildman–Crippen LogP) is 4.36. The Morgan fingerprint density at radius 3 is 2.04 bits per heavy atom. The summed E-state index contributed by atoms with van der Waals surface area (Å²) in [5, 5.41) is 2.52. The van der Waals surface area contributed by atoms with Crippen LogP contribution in [0.4, 0.5) is 0 Å². The average molecular weight is 432 g/mol. The molecule has 2 aromatic rings. The number of rotatable bonds is 5. The molecule has 23 heavy (non-hydrogen) atoms. The van der Waals surface area contributed by atoms with E-state index >= 15 is 0 Å². The molecular weight excluding hydrogens is 411 g/mol. The van der Waals surface area contributed by atoms with Gasteiger partial charge in [-0.15, -0.1) is 6.58 Å². The molecule has 1 nitrogen and oxygen atoms in total. The molecule has 0 aliphatic heterocycles. The maximum atomic E-state index is 6.86. The van der Waals surface area contributed by atoms with Crippen molar-refractivity contribution in [2.75, 3.05) is 0 Å². The lowest BCUT2D eigenvalue weighted by atomic mass is 10.1. The highest BCUT2D eigenvalue weighted by Crippen LogP contribution is 2.29. The molecule has 0 spiro atoms. The molecule has 0 bridgehead atoms. The highest BCUT2D eigenvalue weighted by atomic mass is 127. The molecule has 1 unspecified atom stereocenters. The number of halogens is 1. The van der Waals surface area contributed by atoms with Crippen LogP contribution in [0.15, 0.2) is 82.6 Å². The SMILES string of the molecule is C=C[Si](OC1CCCC=C1I)(c1ccccc1)c1ccccc1. The van der Waals surface area contributed by atoms with Gasteiger partial charge in [-0.1, -0.05) is 72.4 Å². The van der Waals surface area contributed by atoms with Crippen molar-refractivity contribution in [3.63, 3.8) is 0 Å². The van der Waals surface area contributed by atoms with Gasteiger partial charge < -0.3 is 4.43 Å². The summed E-state index contributed by atoms with van der Waals surface area (Å²) in [5.41, 5.74) is 2.08. The molecule has 0 saturated carbocycles. The molecule has 118 valence electrons. The number of allylic oxidation sites excluding steroid dienone is 1. The van der Waals surface area contributed by atoms with E-state index in [4.69, 9.17) is 4.43 Å². The largest absolute Gasteiger partial charge is 0.397 e. The van der Waals surface area contributed by atoms with Gasteiger partial charge in [0, 0.05) is 3.58 Å². The van der Waals surface area contributed by atoms with E-state index in [1.807, 2.05) is 0 Å². The van der Waals surface area contributed by atoms with Crippen molar-refractivity contribution in [2.24, 2.45) is 0 Å². The summed E-state index contributed by atoms with van der Waals surface area (Å²) in [6, 6.07) is 21.2. The fourth-order valence-corrected chi connectivity index (χ4v) is 7.34. The van der Waals surface area contributed by atoms with Gasteiger partial charge in [0.2, 0.25) is 0 Å². The molecule has 0 saturated heterocycles. The fourth-order valence-electron chi connectivity index (χ4n) is 3.11. The summed E-state index contributed by atoms with van der Waals surface area (Å²) in [4.78, 5) is 0. The molecule has 2 aromatic carbocycles. The zero-order valence-electron chi connectivity index (χ0n) is 13.1. The summed E-state index contributed by atoms with van der Waals surface area (Å²) in [7, 11) is -2.43. The average Bonchev–Trinajstić information content (AvgIpc) is 2.63. The Balaban J connectivity index is 2.08. The second-order valence-electron chi connectivity index (χ2n) is 5.80. The molecule has 0 radical (unpaired) electrons. The Bertz CT molecular complexity index is 642. The fraction of sp³-hybridized carbons (Fsp3) is 0.200. The summed E-state index contributed by atoms with van der Waals surface area (Å²) in [6.07, 6.45) is 5.96. The maximum absolute atomic E-state index is 6.86. The van der Waals surface area contributed by atoms with Gasteiger partial charge in [-0.05, 0) is 52.2 Å². The third kappa shape index (κ3) is 3.52. The van der Waals surface area contributed by atoms with E-state index in [9.17, 15) is 0 Å². The number of benzene rings is 2. The normalized spacial score (nSPS) is 18.3. The topological polar surface area (TPSA) is 9.23 Å². The van der Waals surface area contributed by atoms with Crippen LogP contribution in [-0.2, 0) is 4.43 Å². The van der Waals surface area contributed by atoms with Crippen molar-refractivity contribution in [3.8, 4) is 0 Å². The summed E-state index contributed by atoms with van der Waals surface area (Å²) in [5.74, 6) is 0. The van der Waals surface area contributed by atoms with Gasteiger partial charge in [-0.3, -0.25) is 0 Å². The number of hydrogen-bond acceptors (Lipinski definition) is 1. The lowest BCUT2D eigenvalue weighted by molar-refractivity contribution is 0.229. The van der Waals surface area contributed by atoms with Crippen LogP contribution in [0.5, 0.6) is 0 Å². The number of hydrogen-bond donors (Lipinski definition) is 0. The Morgan fingerprint density at radius 2 is 1.57 bits per heavy atom. The van der Waals surface area contributed by atoms with E-state index in [2.05, 4.69) is 102 Å². The van der Waals surface area contributed by atoms with Crippen molar-refractivity contribution in [1.29, 1.82) is 0 Å². The molecule has 0 heterocycles. The van der Waals surface area contributed by atoms with E-state index < -0.39 is 8.32 Å². The van der Waals surface area contributed by atoms with E-state index in [1.165, 1.54) is 20.4 Å². The van der Waals surface area contributed by atoms with Gasteiger partial charge >= 0.3 is 0 Å². The monoisotopic (exact) mass is 432 g/mol. The molecule has 1 atom stereocenters. The third-order valence-electron chi connectivity index (χ3n) is 4.34. The zero-order chi connectivity index (χ0) is 16.1. The Kier molecular flexibility index (Phi) is 5.51. The molecule has 0 fully saturated rings. The van der Waals surface area contributed by atoms with Crippen molar-refractivity contribution < 1.29 is 4.43 Å². The minimum Gasteiger partial charge on any atom is -0.397 e. The van der Waals surface area contributed by atoms with Crippen molar-refractivity contribution >= 4 is 41.3 Å². The molecule has 1 aliphatic carbocycles. The Hall–Kier alpha value is -1.17. The van der Waals surface area contributed by atoms with Gasteiger partial charge in [-0.25, -0.2) is 0 Å². The van der Waals surface area contributed by atoms with Gasteiger partial charge in [0.25, 0.3) is 8.32 Å². The highest BCUT2D eigenvalue weighted by Gasteiger charge is 2.39. The van der Waals surface area contributed by atoms with Gasteiger partial charge in [0.1, 0.15) is 0 Å². The maximum Gasteiger partial charge on any atom is 0.280 e. The first kappa shape index (κ1) is 16.7. The minimum absolute atomic E-state index is 0.189. The van der Waals surface area contributed by atoms with Crippen LogP contribution < -0.4 is 10.4 Å². The van der Waals surface area contributed by atoms with Crippen LogP contribution in [-0.4, -0.2) is 14.4 Å². The predicted molar refractivity (Wildman–Crippen MR) is 109 cm³/mol. The minimum atomic E-state index is -2.43. The van der Waals surface area contributed by atoms with Gasteiger partial charge in [0.05, 0.1) is 6.10 Å². The van der Waals surface area contributed by atoms with E-state index in [-0.39, 0.29) is 6.10 Å². The second kappa shape index (κ2) is 7.60. The molecule has 0 N–H and O–H groups in total. The van der Waals surface area contributed by atoms with Gasteiger partial charge in [0.15, 0.2) is 0 Å². The quantitative estimate of drug-likeness (QED) is 0.504. The lowest BCUT2D eigenvalue weighted by Gasteiger charge is -2.35. The van der Waals surface area contributed by atoms with E-state index in [0.717, 1.165) is 12.8 Å². The van der Waals surface area contributed by atoms with Crippen LogP contribution in [0.3, 0.4) is 0 Å². The zero-order valence-corrected chi connectivity index (χ0v) is 16.3. The van der Waals surface area contributed by atoms with Crippen LogP contribution >= 0.6 is 22.6 Å². The van der Waals surface area contributed by atoms with Gasteiger partial charge in [-0.2, -0.15) is 0 Å². The van der Waals surface area contributed by atoms with E-state index in [0.29, 0.717) is 0 Å². The van der Waals surface area contributed by atoms with E-state index in [1.54, 1.807) is 0 Å². The first-order valence-electron chi connectivity index (χ1n) is 8.04. The molecule has 3 rings (SSSR count). The van der Waals surface area contributed by atoms with Crippen LogP contribution in [0.25, 0.3) is 0 Å². The van der Waals surface area contributed by atoms with Crippen molar-refractivity contribution in [2.45, 2.75) is 25.4 Å². The van der Waals surface area contributed by atoms with Crippen LogP contribution in [0, 0.1) is 0 Å². The molecule has 1 aliphatic rings. The Labute approximate surface area is 153 Å². The summed E-state index contributed by atoms with van der Waals surface area (Å²) >= 11 is 2.44. The molecular formula is C20H21IOSi. The van der Waals surface area contributed by atoms with Crippen LogP contribution in [0.1, 0.15) is 19.3 Å². The first-order valence-corrected chi connectivity index (χ1v) is 11.1. The van der Waals surface area contributed by atoms with Crippen molar-refractivity contribution in [1.82, 2.24) is 0 Å². The van der Waals surface area contributed by atoms with Crippen molar-refractivity contribution in [3.05, 3.63) is 82.6 Å². The smallest absolute Gasteiger partial charge is 0.280 e. The highest BCUT2D eigenvalue weighted by molar-refractivity contribution is 14.1. The van der Waals surface area contributed by atoms with Crippen LogP contribution in [0.2, 0.25) is 0 Å². The third-order valence-corrected chi connectivity index (χ3v) is 9.09. The Morgan fingerprint density at radius 1 is 1.00 bits per heavy atom. The lowest BCUT2D eigenvalue weighted by Crippen LogP contribution is -2.61. The first-order chi connectivity index (χ1) is 11.3. The molecule has 0 amide bonds. The second-order valence-corrected chi connectivity index (χ2v) is 10.3.